The van der Waals surface area contributed by atoms with E-state index in [1.165, 1.54) is 0 Å². The molecule has 2 rings (SSSR count). The van der Waals surface area contributed by atoms with Crippen LogP contribution in [0.2, 0.25) is 0 Å². The van der Waals surface area contributed by atoms with E-state index in [2.05, 4.69) is 11.6 Å². The number of aromatic nitrogens is 1. The van der Waals surface area contributed by atoms with Gasteiger partial charge in [0.25, 0.3) is 0 Å². The van der Waals surface area contributed by atoms with E-state index in [0.717, 1.165) is 5.56 Å². The summed E-state index contributed by atoms with van der Waals surface area (Å²) < 4.78 is 5.49. The van der Waals surface area contributed by atoms with Gasteiger partial charge in [0.2, 0.25) is 0 Å². The standard InChI is InChI=1S/C15H15NO2/c1-2-11-18-13-9-6-10-16-14(13)15(17)12-7-4-3-5-8-12/h2-10,15,17H,1,11H2. The van der Waals surface area contributed by atoms with E-state index >= 15 is 0 Å². The number of pyridine rings is 1. The molecule has 3 nitrogen and oxygen atoms in total. The summed E-state index contributed by atoms with van der Waals surface area (Å²) in [5, 5.41) is 10.3. The summed E-state index contributed by atoms with van der Waals surface area (Å²) >= 11 is 0. The number of aliphatic hydroxyl groups excluding tert-OH is 1. The van der Waals surface area contributed by atoms with Gasteiger partial charge in [0.1, 0.15) is 24.2 Å². The maximum absolute atomic E-state index is 10.3. The van der Waals surface area contributed by atoms with Crippen molar-refractivity contribution in [3.05, 3.63) is 72.6 Å². The third-order valence-corrected chi connectivity index (χ3v) is 2.53. The van der Waals surface area contributed by atoms with Gasteiger partial charge in [0, 0.05) is 6.20 Å². The molecular weight excluding hydrogens is 226 g/mol. The normalized spacial score (nSPS) is 11.8. The highest BCUT2D eigenvalue weighted by molar-refractivity contribution is 5.35. The Labute approximate surface area is 106 Å². The van der Waals surface area contributed by atoms with Crippen molar-refractivity contribution in [2.24, 2.45) is 0 Å². The molecule has 0 bridgehead atoms. The Hall–Kier alpha value is -2.13. The van der Waals surface area contributed by atoms with E-state index in [4.69, 9.17) is 4.74 Å². The molecule has 0 fully saturated rings. The summed E-state index contributed by atoms with van der Waals surface area (Å²) in [5.41, 5.74) is 1.31. The van der Waals surface area contributed by atoms with Crippen LogP contribution in [0.15, 0.2) is 61.3 Å². The molecule has 2 aromatic rings. The van der Waals surface area contributed by atoms with Crippen LogP contribution in [0.5, 0.6) is 5.75 Å². The summed E-state index contributed by atoms with van der Waals surface area (Å²) in [6.07, 6.45) is 2.51. The summed E-state index contributed by atoms with van der Waals surface area (Å²) in [6.45, 7) is 3.99. The van der Waals surface area contributed by atoms with Crippen LogP contribution >= 0.6 is 0 Å². The van der Waals surface area contributed by atoms with Crippen molar-refractivity contribution in [2.75, 3.05) is 6.61 Å². The third-order valence-electron chi connectivity index (χ3n) is 2.53. The Morgan fingerprint density at radius 2 is 2.00 bits per heavy atom. The number of ether oxygens (including phenoxy) is 1. The molecule has 1 heterocycles. The van der Waals surface area contributed by atoms with Gasteiger partial charge < -0.3 is 9.84 Å². The molecule has 1 aromatic heterocycles. The van der Waals surface area contributed by atoms with E-state index in [1.807, 2.05) is 30.3 Å². The maximum Gasteiger partial charge on any atom is 0.144 e. The number of rotatable bonds is 5. The summed E-state index contributed by atoms with van der Waals surface area (Å²) in [7, 11) is 0. The molecule has 1 N–H and O–H groups in total. The summed E-state index contributed by atoms with van der Waals surface area (Å²) in [4.78, 5) is 4.20. The molecule has 0 aliphatic carbocycles. The van der Waals surface area contributed by atoms with Crippen LogP contribution in [0.25, 0.3) is 0 Å². The Balaban J connectivity index is 2.29. The average Bonchev–Trinajstić information content (AvgIpc) is 2.45. The second-order valence-electron chi connectivity index (χ2n) is 3.80. The first-order chi connectivity index (χ1) is 8.83. The lowest BCUT2D eigenvalue weighted by atomic mass is 10.1. The van der Waals surface area contributed by atoms with Gasteiger partial charge in [0.15, 0.2) is 0 Å². The Kier molecular flexibility index (Phi) is 4.10. The number of hydrogen-bond donors (Lipinski definition) is 1. The van der Waals surface area contributed by atoms with Crippen molar-refractivity contribution < 1.29 is 9.84 Å². The topological polar surface area (TPSA) is 42.4 Å². The number of nitrogens with zero attached hydrogens (tertiary/aromatic N) is 1. The van der Waals surface area contributed by atoms with Crippen LogP contribution in [0.4, 0.5) is 0 Å². The van der Waals surface area contributed by atoms with Crippen LogP contribution in [-0.4, -0.2) is 16.7 Å². The molecule has 0 aliphatic heterocycles. The van der Waals surface area contributed by atoms with E-state index < -0.39 is 6.10 Å². The van der Waals surface area contributed by atoms with Gasteiger partial charge in [-0.25, -0.2) is 0 Å². The fraction of sp³-hybridized carbons (Fsp3) is 0.133. The molecule has 92 valence electrons. The van der Waals surface area contributed by atoms with Crippen LogP contribution in [0, 0.1) is 0 Å². The zero-order valence-corrected chi connectivity index (χ0v) is 9.99. The van der Waals surface area contributed by atoms with Gasteiger partial charge >= 0.3 is 0 Å². The first kappa shape index (κ1) is 12.3. The molecule has 1 atom stereocenters. The van der Waals surface area contributed by atoms with E-state index in [9.17, 15) is 5.11 Å². The molecule has 0 saturated carbocycles. The van der Waals surface area contributed by atoms with Crippen LogP contribution in [0.3, 0.4) is 0 Å². The van der Waals surface area contributed by atoms with E-state index in [0.29, 0.717) is 18.1 Å². The molecule has 18 heavy (non-hydrogen) atoms. The van der Waals surface area contributed by atoms with Gasteiger partial charge in [-0.2, -0.15) is 0 Å². The van der Waals surface area contributed by atoms with Gasteiger partial charge in [0.05, 0.1) is 0 Å². The average molecular weight is 241 g/mol. The van der Waals surface area contributed by atoms with Crippen molar-refractivity contribution in [1.82, 2.24) is 4.98 Å². The first-order valence-corrected chi connectivity index (χ1v) is 5.74. The lowest BCUT2D eigenvalue weighted by molar-refractivity contribution is 0.207. The minimum atomic E-state index is -0.785. The monoisotopic (exact) mass is 241 g/mol. The van der Waals surface area contributed by atoms with E-state index in [1.54, 1.807) is 24.4 Å². The fourth-order valence-electron chi connectivity index (χ4n) is 1.67. The maximum atomic E-state index is 10.3. The highest BCUT2D eigenvalue weighted by Crippen LogP contribution is 2.27. The number of aliphatic hydroxyl groups is 1. The van der Waals surface area contributed by atoms with Gasteiger partial charge in [-0.1, -0.05) is 43.0 Å². The highest BCUT2D eigenvalue weighted by Gasteiger charge is 2.16. The lowest BCUT2D eigenvalue weighted by Gasteiger charge is -2.14. The SMILES string of the molecule is C=CCOc1cccnc1C(O)c1ccccc1. The third kappa shape index (κ3) is 2.76. The predicted octanol–water partition coefficient (Wildman–Crippen LogP) is 2.73. The molecule has 0 spiro atoms. The minimum absolute atomic E-state index is 0.389. The summed E-state index contributed by atoms with van der Waals surface area (Å²) in [5.74, 6) is 0.578. The van der Waals surface area contributed by atoms with Crippen LogP contribution < -0.4 is 4.74 Å². The van der Waals surface area contributed by atoms with Crippen molar-refractivity contribution in [1.29, 1.82) is 0 Å². The molecule has 1 unspecified atom stereocenters. The Morgan fingerprint density at radius 3 is 2.72 bits per heavy atom. The number of hydrogen-bond acceptors (Lipinski definition) is 3. The summed E-state index contributed by atoms with van der Waals surface area (Å²) in [6, 6.07) is 13.0. The van der Waals surface area contributed by atoms with Crippen LogP contribution in [0.1, 0.15) is 17.4 Å². The Morgan fingerprint density at radius 1 is 1.22 bits per heavy atom. The minimum Gasteiger partial charge on any atom is -0.488 e. The molecule has 1 aromatic carbocycles. The molecule has 0 aliphatic rings. The van der Waals surface area contributed by atoms with Crippen molar-refractivity contribution in [3.8, 4) is 5.75 Å². The second-order valence-corrected chi connectivity index (χ2v) is 3.80. The molecule has 0 radical (unpaired) electrons. The molecular formula is C15H15NO2. The zero-order valence-electron chi connectivity index (χ0n) is 9.99. The van der Waals surface area contributed by atoms with Crippen LogP contribution in [-0.2, 0) is 0 Å². The van der Waals surface area contributed by atoms with Gasteiger partial charge in [-0.3, -0.25) is 4.98 Å². The van der Waals surface area contributed by atoms with Crippen molar-refractivity contribution in [3.63, 3.8) is 0 Å². The number of benzene rings is 1. The fourth-order valence-corrected chi connectivity index (χ4v) is 1.67. The van der Waals surface area contributed by atoms with Gasteiger partial charge in [-0.15, -0.1) is 0 Å². The largest absolute Gasteiger partial charge is 0.488 e. The predicted molar refractivity (Wildman–Crippen MR) is 70.4 cm³/mol. The smallest absolute Gasteiger partial charge is 0.144 e. The zero-order chi connectivity index (χ0) is 12.8. The van der Waals surface area contributed by atoms with Crippen molar-refractivity contribution in [2.45, 2.75) is 6.10 Å². The Bertz CT molecular complexity index is 511. The quantitative estimate of drug-likeness (QED) is 0.818. The lowest BCUT2D eigenvalue weighted by Crippen LogP contribution is -2.06. The first-order valence-electron chi connectivity index (χ1n) is 5.74. The van der Waals surface area contributed by atoms with E-state index in [-0.39, 0.29) is 0 Å². The molecule has 0 saturated heterocycles. The second kappa shape index (κ2) is 5.98. The molecule has 3 heteroatoms. The van der Waals surface area contributed by atoms with Crippen molar-refractivity contribution >= 4 is 0 Å². The van der Waals surface area contributed by atoms with Gasteiger partial charge in [-0.05, 0) is 17.7 Å². The highest BCUT2D eigenvalue weighted by atomic mass is 16.5. The molecule has 0 amide bonds.